The van der Waals surface area contributed by atoms with Gasteiger partial charge in [0.15, 0.2) is 11.5 Å². The van der Waals surface area contributed by atoms with Crippen LogP contribution in [0.2, 0.25) is 0 Å². The first kappa shape index (κ1) is 19.8. The fourth-order valence-electron chi connectivity index (χ4n) is 2.15. The molecule has 0 atom stereocenters. The minimum atomic E-state index is -0.927. The van der Waals surface area contributed by atoms with Crippen LogP contribution < -0.4 is 9.47 Å². The Hall–Kier alpha value is -2.24. The van der Waals surface area contributed by atoms with Crippen LogP contribution in [0.5, 0.6) is 11.5 Å². The Balaban J connectivity index is 2.97. The predicted molar refractivity (Wildman–Crippen MR) is 91.8 cm³/mol. The maximum atomic E-state index is 12.7. The second-order valence-corrected chi connectivity index (χ2v) is 6.31. The molecule has 0 spiro atoms. The minimum absolute atomic E-state index is 0.0867. The molecule has 0 aliphatic heterocycles. The lowest BCUT2D eigenvalue weighted by molar-refractivity contribution is -0.137. The Labute approximate surface area is 143 Å². The van der Waals surface area contributed by atoms with Crippen molar-refractivity contribution in [2.24, 2.45) is 5.92 Å². The number of carbonyl (C=O) groups excluding carboxylic acids is 1. The lowest BCUT2D eigenvalue weighted by Crippen LogP contribution is -2.38. The largest absolute Gasteiger partial charge is 0.493 e. The molecule has 1 aromatic carbocycles. The second-order valence-electron chi connectivity index (χ2n) is 6.31. The molecule has 1 rings (SSSR count). The van der Waals surface area contributed by atoms with E-state index in [4.69, 9.17) is 14.6 Å². The third kappa shape index (κ3) is 5.76. The van der Waals surface area contributed by atoms with Crippen molar-refractivity contribution < 1.29 is 24.2 Å². The van der Waals surface area contributed by atoms with Crippen molar-refractivity contribution in [1.82, 2.24) is 4.90 Å². The SMILES string of the molecule is COc1cc(C(=O)N(CCC(=O)O)C(C)C)ccc1OCC(C)C. The third-order valence-electron chi connectivity index (χ3n) is 3.43. The van der Waals surface area contributed by atoms with Gasteiger partial charge in [-0.1, -0.05) is 13.8 Å². The van der Waals surface area contributed by atoms with Gasteiger partial charge in [-0.05, 0) is 38.0 Å². The van der Waals surface area contributed by atoms with Gasteiger partial charge in [0.1, 0.15) is 0 Å². The fraction of sp³-hybridized carbons (Fsp3) is 0.556. The van der Waals surface area contributed by atoms with Crippen molar-refractivity contribution in [3.8, 4) is 11.5 Å². The molecule has 0 aliphatic rings. The quantitative estimate of drug-likeness (QED) is 0.749. The van der Waals surface area contributed by atoms with E-state index in [9.17, 15) is 9.59 Å². The zero-order valence-corrected chi connectivity index (χ0v) is 15.0. The number of nitrogens with zero attached hydrogens (tertiary/aromatic N) is 1. The maximum absolute atomic E-state index is 12.7. The van der Waals surface area contributed by atoms with Gasteiger partial charge >= 0.3 is 5.97 Å². The molecule has 6 heteroatoms. The molecule has 0 fully saturated rings. The van der Waals surface area contributed by atoms with E-state index < -0.39 is 5.97 Å². The van der Waals surface area contributed by atoms with Gasteiger partial charge in [-0.15, -0.1) is 0 Å². The summed E-state index contributed by atoms with van der Waals surface area (Å²) in [5.41, 5.74) is 0.447. The Morgan fingerprint density at radius 2 is 1.83 bits per heavy atom. The Morgan fingerprint density at radius 1 is 1.17 bits per heavy atom. The number of methoxy groups -OCH3 is 1. The van der Waals surface area contributed by atoms with E-state index in [-0.39, 0.29) is 24.9 Å². The van der Waals surface area contributed by atoms with Crippen LogP contribution in [-0.4, -0.2) is 48.2 Å². The Bertz CT molecular complexity index is 569. The molecule has 24 heavy (non-hydrogen) atoms. The van der Waals surface area contributed by atoms with Crippen LogP contribution in [0.1, 0.15) is 44.5 Å². The second kappa shape index (κ2) is 9.15. The van der Waals surface area contributed by atoms with Crippen molar-refractivity contribution in [1.29, 1.82) is 0 Å². The van der Waals surface area contributed by atoms with Crippen LogP contribution in [0.4, 0.5) is 0 Å². The smallest absolute Gasteiger partial charge is 0.305 e. The number of hydrogen-bond acceptors (Lipinski definition) is 4. The van der Waals surface area contributed by atoms with Gasteiger partial charge in [0, 0.05) is 18.2 Å². The molecule has 0 aromatic heterocycles. The first-order chi connectivity index (χ1) is 11.3. The van der Waals surface area contributed by atoms with E-state index in [0.29, 0.717) is 29.6 Å². The van der Waals surface area contributed by atoms with Gasteiger partial charge < -0.3 is 19.5 Å². The highest BCUT2D eigenvalue weighted by Gasteiger charge is 2.21. The molecule has 1 amide bonds. The lowest BCUT2D eigenvalue weighted by atomic mass is 10.1. The molecule has 0 heterocycles. The monoisotopic (exact) mass is 337 g/mol. The van der Waals surface area contributed by atoms with Crippen molar-refractivity contribution in [2.75, 3.05) is 20.3 Å². The topological polar surface area (TPSA) is 76.1 Å². The molecular weight excluding hydrogens is 310 g/mol. The number of carboxylic acid groups (broad SMARTS) is 1. The van der Waals surface area contributed by atoms with Crippen LogP contribution in [-0.2, 0) is 4.79 Å². The first-order valence-electron chi connectivity index (χ1n) is 8.09. The van der Waals surface area contributed by atoms with E-state index in [1.54, 1.807) is 18.2 Å². The molecule has 0 saturated heterocycles. The summed E-state index contributed by atoms with van der Waals surface area (Å²) in [6, 6.07) is 4.93. The van der Waals surface area contributed by atoms with E-state index in [1.807, 2.05) is 27.7 Å². The van der Waals surface area contributed by atoms with Crippen molar-refractivity contribution in [3.05, 3.63) is 23.8 Å². The van der Waals surface area contributed by atoms with Gasteiger partial charge in [0.2, 0.25) is 0 Å². The molecule has 0 saturated carbocycles. The summed E-state index contributed by atoms with van der Waals surface area (Å²) in [5, 5.41) is 8.84. The number of hydrogen-bond donors (Lipinski definition) is 1. The van der Waals surface area contributed by atoms with E-state index in [2.05, 4.69) is 0 Å². The normalized spacial score (nSPS) is 10.8. The summed E-state index contributed by atoms with van der Waals surface area (Å²) >= 11 is 0. The van der Waals surface area contributed by atoms with Crippen LogP contribution in [0.25, 0.3) is 0 Å². The standard InChI is InChI=1S/C18H27NO5/c1-12(2)11-24-15-7-6-14(10-16(15)23-5)18(22)19(13(3)4)9-8-17(20)21/h6-7,10,12-13H,8-9,11H2,1-5H3,(H,20,21). The third-order valence-corrected chi connectivity index (χ3v) is 3.43. The highest BCUT2D eigenvalue weighted by Crippen LogP contribution is 2.29. The molecule has 1 N–H and O–H groups in total. The zero-order chi connectivity index (χ0) is 18.3. The van der Waals surface area contributed by atoms with E-state index >= 15 is 0 Å². The predicted octanol–water partition coefficient (Wildman–Crippen LogP) is 3.06. The maximum Gasteiger partial charge on any atom is 0.305 e. The van der Waals surface area contributed by atoms with Crippen LogP contribution >= 0.6 is 0 Å². The molecular formula is C18H27NO5. The molecule has 0 unspecified atom stereocenters. The van der Waals surface area contributed by atoms with Gasteiger partial charge in [-0.3, -0.25) is 9.59 Å². The molecule has 0 aliphatic carbocycles. The summed E-state index contributed by atoms with van der Waals surface area (Å²) in [6.07, 6.45) is -0.0867. The molecule has 6 nitrogen and oxygen atoms in total. The van der Waals surface area contributed by atoms with Gasteiger partial charge in [0.05, 0.1) is 20.1 Å². The first-order valence-corrected chi connectivity index (χ1v) is 8.09. The van der Waals surface area contributed by atoms with Crippen LogP contribution in [0, 0.1) is 5.92 Å². The number of carboxylic acids is 1. The van der Waals surface area contributed by atoms with Crippen molar-refractivity contribution in [3.63, 3.8) is 0 Å². The van der Waals surface area contributed by atoms with Gasteiger partial charge in [0.25, 0.3) is 5.91 Å². The summed E-state index contributed by atoms with van der Waals surface area (Å²) < 4.78 is 11.0. The van der Waals surface area contributed by atoms with E-state index in [0.717, 1.165) is 0 Å². The van der Waals surface area contributed by atoms with Gasteiger partial charge in [-0.25, -0.2) is 0 Å². The summed E-state index contributed by atoms with van der Waals surface area (Å²) in [6.45, 7) is 8.54. The molecule has 134 valence electrons. The average Bonchev–Trinajstić information content (AvgIpc) is 2.51. The van der Waals surface area contributed by atoms with Crippen molar-refractivity contribution in [2.45, 2.75) is 40.2 Å². The Morgan fingerprint density at radius 3 is 2.33 bits per heavy atom. The number of benzene rings is 1. The average molecular weight is 337 g/mol. The highest BCUT2D eigenvalue weighted by molar-refractivity contribution is 5.95. The fourth-order valence-corrected chi connectivity index (χ4v) is 2.15. The number of amides is 1. The minimum Gasteiger partial charge on any atom is -0.493 e. The zero-order valence-electron chi connectivity index (χ0n) is 15.0. The van der Waals surface area contributed by atoms with Crippen LogP contribution in [0.15, 0.2) is 18.2 Å². The molecule has 0 radical (unpaired) electrons. The number of aliphatic carboxylic acids is 1. The molecule has 1 aromatic rings. The highest BCUT2D eigenvalue weighted by atomic mass is 16.5. The number of ether oxygens (including phenoxy) is 2. The van der Waals surface area contributed by atoms with Gasteiger partial charge in [-0.2, -0.15) is 0 Å². The summed E-state index contributed by atoms with van der Waals surface area (Å²) in [7, 11) is 1.52. The summed E-state index contributed by atoms with van der Waals surface area (Å²) in [4.78, 5) is 25.0. The lowest BCUT2D eigenvalue weighted by Gasteiger charge is -2.26. The van der Waals surface area contributed by atoms with Crippen molar-refractivity contribution >= 4 is 11.9 Å². The number of rotatable bonds is 9. The summed E-state index contributed by atoms with van der Waals surface area (Å²) in [5.74, 6) is 0.305. The van der Waals surface area contributed by atoms with E-state index in [1.165, 1.54) is 12.0 Å². The molecule has 0 bridgehead atoms. The van der Waals surface area contributed by atoms with Crippen LogP contribution in [0.3, 0.4) is 0 Å². The number of carbonyl (C=O) groups is 2. The Kier molecular flexibility index (Phi) is 7.55.